The van der Waals surface area contributed by atoms with Crippen molar-refractivity contribution in [3.05, 3.63) is 106 Å². The molecule has 0 radical (unpaired) electrons. The molecule has 1 aliphatic carbocycles. The number of rotatable bonds is 16. The first-order valence-electron chi connectivity index (χ1n) is 19.4. The molecule has 0 amide bonds. The average Bonchev–Trinajstić information content (AvgIpc) is 3.19. The fourth-order valence-electron chi connectivity index (χ4n) is 7.94. The number of H-pyrrole nitrogens is 1. The third-order valence-electron chi connectivity index (χ3n) is 11.1. The first kappa shape index (κ1) is 38.5. The fraction of sp³-hybridized carbons (Fsp3) is 0.488. The van der Waals surface area contributed by atoms with Crippen LogP contribution in [0.5, 0.6) is 11.5 Å². The molecule has 10 heteroatoms. The van der Waals surface area contributed by atoms with Crippen LogP contribution in [0.25, 0.3) is 10.9 Å². The molecular weight excluding hydrogens is 670 g/mol. The normalized spacial score (nSPS) is 18.3. The molecule has 4 aromatic rings. The molecule has 0 bridgehead atoms. The van der Waals surface area contributed by atoms with Gasteiger partial charge in [0, 0.05) is 30.5 Å². The molecule has 1 aromatic heterocycles. The van der Waals surface area contributed by atoms with E-state index in [2.05, 4.69) is 34.3 Å². The highest BCUT2D eigenvalue weighted by Crippen LogP contribution is 2.40. The van der Waals surface area contributed by atoms with Crippen molar-refractivity contribution in [3.8, 4) is 11.5 Å². The van der Waals surface area contributed by atoms with E-state index < -0.39 is 17.7 Å². The number of aliphatic hydroxyl groups is 2. The molecule has 2 aliphatic rings. The topological polar surface area (TPSA) is 144 Å². The molecule has 10 nitrogen and oxygen atoms in total. The van der Waals surface area contributed by atoms with E-state index in [1.165, 1.54) is 17.7 Å². The summed E-state index contributed by atoms with van der Waals surface area (Å²) in [6.07, 6.45) is 8.25. The number of nitrogens with one attached hydrogen (secondary N) is 2. The molecule has 3 aromatic carbocycles. The minimum Gasteiger partial charge on any atom is -0.506 e. The number of aliphatic hydroxyl groups excluding tert-OH is 1. The third-order valence-corrected chi connectivity index (χ3v) is 11.1. The largest absolute Gasteiger partial charge is 0.506 e. The minimum absolute atomic E-state index is 0.0417. The van der Waals surface area contributed by atoms with Crippen LogP contribution in [0.3, 0.4) is 0 Å². The summed E-state index contributed by atoms with van der Waals surface area (Å²) < 4.78 is 12.2. The Morgan fingerprint density at radius 3 is 2.42 bits per heavy atom. The van der Waals surface area contributed by atoms with Gasteiger partial charge in [-0.1, -0.05) is 81.1 Å². The lowest BCUT2D eigenvalue weighted by atomic mass is 9.73. The van der Waals surface area contributed by atoms with E-state index in [4.69, 9.17) is 9.47 Å². The molecule has 1 saturated carbocycles. The Morgan fingerprint density at radius 2 is 1.70 bits per heavy atom. The molecule has 1 saturated heterocycles. The van der Waals surface area contributed by atoms with Crippen molar-refractivity contribution in [1.29, 1.82) is 0 Å². The number of aromatic nitrogens is 1. The number of fused-ring (bicyclic) bond motifs is 1. The Kier molecular flexibility index (Phi) is 13.2. The predicted molar refractivity (Wildman–Crippen MR) is 205 cm³/mol. The van der Waals surface area contributed by atoms with Crippen molar-refractivity contribution in [3.63, 3.8) is 0 Å². The van der Waals surface area contributed by atoms with E-state index in [0.29, 0.717) is 28.6 Å². The summed E-state index contributed by atoms with van der Waals surface area (Å²) in [5, 5.41) is 37.1. The van der Waals surface area contributed by atoms with Crippen molar-refractivity contribution in [2.24, 2.45) is 11.8 Å². The Morgan fingerprint density at radius 1 is 0.962 bits per heavy atom. The number of carbonyl (C=O) groups is 1. The number of pyridine rings is 1. The van der Waals surface area contributed by atoms with Gasteiger partial charge >= 0.3 is 5.97 Å². The average molecular weight is 726 g/mol. The maximum atomic E-state index is 13.5. The summed E-state index contributed by atoms with van der Waals surface area (Å²) in [5.41, 5.74) is 0.817. The zero-order valence-corrected chi connectivity index (χ0v) is 30.8. The number of unbranched alkanes of at least 4 members (excludes halogenated alkanes) is 1. The number of nitrogens with zero attached hydrogens (tertiary/aromatic N) is 1. The van der Waals surface area contributed by atoms with Crippen LogP contribution in [0.4, 0.5) is 0 Å². The maximum Gasteiger partial charge on any atom is 0.343 e. The number of hydrogen-bond donors (Lipinski definition) is 5. The number of phenols is 1. The zero-order chi connectivity index (χ0) is 37.2. The highest BCUT2D eigenvalue weighted by Gasteiger charge is 2.47. The van der Waals surface area contributed by atoms with Gasteiger partial charge in [-0.2, -0.15) is 0 Å². The third kappa shape index (κ3) is 9.67. The number of piperidine rings is 1. The van der Waals surface area contributed by atoms with Crippen molar-refractivity contribution in [1.82, 2.24) is 15.2 Å². The van der Waals surface area contributed by atoms with Gasteiger partial charge in [-0.05, 0) is 98.5 Å². The van der Waals surface area contributed by atoms with Crippen LogP contribution >= 0.6 is 0 Å². The number of carbonyl (C=O) groups excluding carboxylic acids is 1. The summed E-state index contributed by atoms with van der Waals surface area (Å²) >= 11 is 0. The molecule has 3 atom stereocenters. The second kappa shape index (κ2) is 18.2. The number of esters is 1. The van der Waals surface area contributed by atoms with Crippen LogP contribution in [0.15, 0.2) is 83.7 Å². The summed E-state index contributed by atoms with van der Waals surface area (Å²) in [5.74, 6) is 0.339. The Balaban J connectivity index is 0.974. The van der Waals surface area contributed by atoms with Crippen LogP contribution < -0.4 is 15.6 Å². The van der Waals surface area contributed by atoms with Gasteiger partial charge < -0.3 is 29.8 Å². The van der Waals surface area contributed by atoms with Crippen molar-refractivity contribution >= 4 is 16.9 Å². The monoisotopic (exact) mass is 725 g/mol. The Bertz CT molecular complexity index is 1820. The maximum absolute atomic E-state index is 13.5. The second-order valence-electron chi connectivity index (χ2n) is 14.9. The van der Waals surface area contributed by atoms with Gasteiger partial charge in [-0.3, -0.25) is 15.0 Å². The van der Waals surface area contributed by atoms with E-state index >= 15 is 0 Å². The van der Waals surface area contributed by atoms with E-state index in [0.717, 1.165) is 89.6 Å². The number of aromatic amines is 1. The summed E-state index contributed by atoms with van der Waals surface area (Å²) in [6.45, 7) is 5.32. The standard InChI is InChI=1S/C43H55N3O7/c1-2-3-14-40(44-27-38(48)35-19-21-37(47)41-36(35)20-22-39(49)45-41)53-34-17-15-30(16-18-34)28-46-25-23-31(24-26-46)29-52-42(50)43(51,32-10-6-4-7-11-32)33-12-8-5-9-13-33/h4,6-7,10-11,15-22,31,33,38,40,44,47-48,51H,2-3,5,8-9,12-14,23-29H2,1H3,(H,45,49)/t38-,40?,43?/m0/s1. The van der Waals surface area contributed by atoms with E-state index in [1.54, 1.807) is 12.1 Å². The highest BCUT2D eigenvalue weighted by atomic mass is 16.6. The van der Waals surface area contributed by atoms with Crippen molar-refractivity contribution in [2.75, 3.05) is 26.2 Å². The van der Waals surface area contributed by atoms with Gasteiger partial charge in [0.1, 0.15) is 17.7 Å². The smallest absolute Gasteiger partial charge is 0.343 e. The van der Waals surface area contributed by atoms with Crippen molar-refractivity contribution in [2.45, 2.75) is 95.6 Å². The molecule has 2 unspecified atom stereocenters. The van der Waals surface area contributed by atoms with Gasteiger partial charge in [-0.25, -0.2) is 4.79 Å². The molecule has 5 N–H and O–H groups in total. The number of hydrogen-bond acceptors (Lipinski definition) is 9. The number of ether oxygens (including phenoxy) is 2. The summed E-state index contributed by atoms with van der Waals surface area (Å²) in [4.78, 5) is 30.4. The minimum atomic E-state index is -1.60. The van der Waals surface area contributed by atoms with E-state index in [-0.39, 0.29) is 35.9 Å². The molecule has 284 valence electrons. The Hall–Kier alpha value is -4.22. The molecule has 6 rings (SSSR count). The first-order valence-corrected chi connectivity index (χ1v) is 19.4. The summed E-state index contributed by atoms with van der Waals surface area (Å²) in [7, 11) is 0. The number of phenolic OH excluding ortho intramolecular Hbond substituents is 1. The fourth-order valence-corrected chi connectivity index (χ4v) is 7.94. The number of benzene rings is 3. The number of aromatic hydroxyl groups is 1. The highest BCUT2D eigenvalue weighted by molar-refractivity contribution is 5.87. The zero-order valence-electron chi connectivity index (χ0n) is 30.8. The van der Waals surface area contributed by atoms with Crippen LogP contribution in [0.2, 0.25) is 0 Å². The Labute approximate surface area is 312 Å². The van der Waals surface area contributed by atoms with Gasteiger partial charge in [0.05, 0.1) is 18.2 Å². The quantitative estimate of drug-likeness (QED) is 0.0632. The molecule has 0 spiro atoms. The van der Waals surface area contributed by atoms with Crippen LogP contribution in [0, 0.1) is 11.8 Å². The van der Waals surface area contributed by atoms with Gasteiger partial charge in [-0.15, -0.1) is 0 Å². The van der Waals surface area contributed by atoms with Crippen LogP contribution in [-0.4, -0.2) is 63.6 Å². The lowest BCUT2D eigenvalue weighted by Gasteiger charge is -2.37. The van der Waals surface area contributed by atoms with E-state index in [9.17, 15) is 24.9 Å². The van der Waals surface area contributed by atoms with Crippen molar-refractivity contribution < 1.29 is 29.6 Å². The first-order chi connectivity index (χ1) is 25.7. The van der Waals surface area contributed by atoms with Crippen LogP contribution in [0.1, 0.15) is 93.9 Å². The van der Waals surface area contributed by atoms with Gasteiger partial charge in [0.25, 0.3) is 0 Å². The molecule has 2 heterocycles. The second-order valence-corrected chi connectivity index (χ2v) is 14.9. The molecule has 2 fully saturated rings. The lowest BCUT2D eigenvalue weighted by Crippen LogP contribution is -2.46. The van der Waals surface area contributed by atoms with Gasteiger partial charge in [0.2, 0.25) is 5.56 Å². The molecule has 53 heavy (non-hydrogen) atoms. The SMILES string of the molecule is CCCCC(NC[C@H](O)c1ccc(O)c2[nH]c(=O)ccc12)Oc1ccc(CN2CCC(COC(=O)C(O)(c3ccccc3)C3CCCCC3)CC2)cc1. The summed E-state index contributed by atoms with van der Waals surface area (Å²) in [6, 6.07) is 23.6. The van der Waals surface area contributed by atoms with Crippen LogP contribution in [-0.2, 0) is 21.7 Å². The predicted octanol–water partition coefficient (Wildman–Crippen LogP) is 6.68. The molecule has 1 aliphatic heterocycles. The van der Waals surface area contributed by atoms with Gasteiger partial charge in [0.15, 0.2) is 5.60 Å². The van der Waals surface area contributed by atoms with E-state index in [1.807, 2.05) is 42.5 Å². The number of likely N-dealkylation sites (tertiary alicyclic amines) is 1. The molecular formula is C43H55N3O7. The lowest BCUT2D eigenvalue weighted by molar-refractivity contribution is -0.177.